The number of aryl methyl sites for hydroxylation is 1. The maximum absolute atomic E-state index is 14.8. The van der Waals surface area contributed by atoms with Gasteiger partial charge in [-0.25, -0.2) is 23.1 Å². The highest BCUT2D eigenvalue weighted by Gasteiger charge is 2.36. The van der Waals surface area contributed by atoms with Gasteiger partial charge in [0.15, 0.2) is 0 Å². The quantitative estimate of drug-likeness (QED) is 0.424. The molecule has 1 aliphatic carbocycles. The van der Waals surface area contributed by atoms with Gasteiger partial charge < -0.3 is 25.8 Å². The summed E-state index contributed by atoms with van der Waals surface area (Å²) >= 11 is 0. The highest BCUT2D eigenvalue weighted by atomic mass is 19.3. The third-order valence-corrected chi connectivity index (χ3v) is 7.00. The minimum Gasteiger partial charge on any atom is -0.388 e. The normalized spacial score (nSPS) is 24.6. The van der Waals surface area contributed by atoms with E-state index in [9.17, 15) is 23.4 Å². The predicted molar refractivity (Wildman–Crippen MR) is 121 cm³/mol. The molecule has 2 aliphatic rings. The number of rotatable bonds is 5. The number of aliphatic hydroxyl groups excluding tert-OH is 2. The van der Waals surface area contributed by atoms with Crippen LogP contribution in [-0.2, 0) is 13.0 Å². The fraction of sp³-hybridized carbons (Fsp3) is 0.417. The van der Waals surface area contributed by atoms with Crippen molar-refractivity contribution in [3.8, 4) is 0 Å². The Kier molecular flexibility index (Phi) is 5.83. The van der Waals surface area contributed by atoms with Gasteiger partial charge in [-0.05, 0) is 53.2 Å². The van der Waals surface area contributed by atoms with Crippen LogP contribution in [0.4, 0.5) is 19.0 Å². The van der Waals surface area contributed by atoms with Crippen LogP contribution in [0, 0.1) is 5.82 Å². The molecule has 0 saturated heterocycles. The number of nitrogens with zero attached hydrogens (tertiary/aromatic N) is 3. The van der Waals surface area contributed by atoms with Crippen molar-refractivity contribution in [3.63, 3.8) is 0 Å². The number of halogens is 3. The zero-order valence-corrected chi connectivity index (χ0v) is 18.5. The first-order valence-electron chi connectivity index (χ1n) is 11.2. The molecule has 0 saturated carbocycles. The number of aromatic nitrogens is 3. The fourth-order valence-corrected chi connectivity index (χ4v) is 5.23. The second-order valence-corrected chi connectivity index (χ2v) is 9.05. The lowest BCUT2D eigenvalue weighted by atomic mass is 9.85. The van der Waals surface area contributed by atoms with Gasteiger partial charge in [-0.3, -0.25) is 0 Å². The summed E-state index contributed by atoms with van der Waals surface area (Å²) in [5.41, 5.74) is 8.13. The minimum atomic E-state index is -2.91. The Morgan fingerprint density at radius 2 is 2.06 bits per heavy atom. The van der Waals surface area contributed by atoms with Crippen molar-refractivity contribution in [3.05, 3.63) is 64.4 Å². The maximum atomic E-state index is 14.8. The maximum Gasteiger partial charge on any atom is 0.266 e. The Morgan fingerprint density at radius 1 is 1.26 bits per heavy atom. The van der Waals surface area contributed by atoms with Crippen LogP contribution in [0.15, 0.2) is 36.3 Å². The first-order chi connectivity index (χ1) is 16.3. The molecule has 3 heterocycles. The van der Waals surface area contributed by atoms with E-state index in [0.717, 1.165) is 0 Å². The van der Waals surface area contributed by atoms with Crippen LogP contribution in [0.2, 0.25) is 0 Å². The summed E-state index contributed by atoms with van der Waals surface area (Å²) in [5, 5.41) is 25.3. The summed E-state index contributed by atoms with van der Waals surface area (Å²) in [6, 6.07) is 2.42. The van der Waals surface area contributed by atoms with Crippen LogP contribution in [0.1, 0.15) is 54.0 Å². The van der Waals surface area contributed by atoms with E-state index in [2.05, 4.69) is 15.3 Å². The van der Waals surface area contributed by atoms with Gasteiger partial charge in [0, 0.05) is 19.3 Å². The number of alkyl halides is 2. The van der Waals surface area contributed by atoms with Crippen molar-refractivity contribution in [1.29, 1.82) is 0 Å². The van der Waals surface area contributed by atoms with E-state index in [1.165, 1.54) is 12.4 Å². The van der Waals surface area contributed by atoms with Gasteiger partial charge in [0.1, 0.15) is 35.8 Å². The molecule has 2 aromatic heterocycles. The molecular formula is C24H26F3N5O2. The molecule has 7 nitrogen and oxygen atoms in total. The highest BCUT2D eigenvalue weighted by molar-refractivity contribution is 5.86. The molecule has 1 aromatic carbocycles. The van der Waals surface area contributed by atoms with Gasteiger partial charge in [-0.1, -0.05) is 13.0 Å². The van der Waals surface area contributed by atoms with Crippen LogP contribution in [0.3, 0.4) is 0 Å². The van der Waals surface area contributed by atoms with Gasteiger partial charge in [-0.2, -0.15) is 0 Å². The van der Waals surface area contributed by atoms with E-state index >= 15 is 0 Å². The molecule has 10 heteroatoms. The molecular weight excluding hydrogens is 447 g/mol. The Balaban J connectivity index is 1.46. The molecule has 3 aromatic rings. The summed E-state index contributed by atoms with van der Waals surface area (Å²) < 4.78 is 43.7. The molecule has 180 valence electrons. The number of hydrogen-bond acceptors (Lipinski definition) is 6. The first-order valence-corrected chi connectivity index (χ1v) is 11.2. The third kappa shape index (κ3) is 3.66. The van der Waals surface area contributed by atoms with E-state index in [1.807, 2.05) is 6.92 Å². The Hall–Kier alpha value is -2.95. The van der Waals surface area contributed by atoms with Crippen molar-refractivity contribution in [2.45, 2.75) is 56.9 Å². The lowest BCUT2D eigenvalue weighted by Crippen LogP contribution is -2.30. The number of hydrogen-bond donors (Lipinski definition) is 4. The van der Waals surface area contributed by atoms with E-state index < -0.39 is 36.1 Å². The Bertz CT molecular complexity index is 1280. The smallest absolute Gasteiger partial charge is 0.266 e. The largest absolute Gasteiger partial charge is 0.388 e. The van der Waals surface area contributed by atoms with Crippen molar-refractivity contribution in [1.82, 2.24) is 19.9 Å². The van der Waals surface area contributed by atoms with Gasteiger partial charge >= 0.3 is 0 Å². The molecule has 5 rings (SSSR count). The Labute approximate surface area is 194 Å². The number of nitrogens with one attached hydrogen (secondary N) is 1. The van der Waals surface area contributed by atoms with E-state index in [1.54, 1.807) is 22.9 Å². The predicted octanol–water partition coefficient (Wildman–Crippen LogP) is 3.13. The SMILES string of the molecule is CC1CNCc2c(CCC3=CC(n4ccc5c(N)ncnc54)C(O)C3O)cc(C(F)F)c(F)c21. The molecule has 4 unspecified atom stereocenters. The summed E-state index contributed by atoms with van der Waals surface area (Å²) in [7, 11) is 0. The van der Waals surface area contributed by atoms with E-state index in [0.29, 0.717) is 65.0 Å². The molecule has 4 atom stereocenters. The topological polar surface area (TPSA) is 109 Å². The standard InChI is InChI=1S/C24H26F3N5O2/c1-11-8-29-9-16-12(6-15(22(26)27)19(25)18(11)16)2-3-13-7-17(21(34)20(13)33)32-5-4-14-23(28)30-10-31-24(14)32/h4-7,10-11,17,20-22,29,33-34H,2-3,8-9H2,1H3,(H2,28,30,31). The Morgan fingerprint density at radius 3 is 2.82 bits per heavy atom. The number of fused-ring (bicyclic) bond motifs is 2. The number of nitrogens with two attached hydrogens (primary N) is 1. The van der Waals surface area contributed by atoms with Crippen LogP contribution < -0.4 is 11.1 Å². The summed E-state index contributed by atoms with van der Waals surface area (Å²) in [5.74, 6) is -0.723. The third-order valence-electron chi connectivity index (χ3n) is 7.00. The average Bonchev–Trinajstić information content (AvgIpc) is 3.35. The number of benzene rings is 1. The lowest BCUT2D eigenvalue weighted by Gasteiger charge is -2.28. The average molecular weight is 473 g/mol. The first kappa shape index (κ1) is 22.8. The molecule has 0 bridgehead atoms. The summed E-state index contributed by atoms with van der Waals surface area (Å²) in [6.07, 6.45) is 0.369. The van der Waals surface area contributed by atoms with Crippen molar-refractivity contribution < 1.29 is 23.4 Å². The van der Waals surface area contributed by atoms with Gasteiger partial charge in [0.05, 0.1) is 17.0 Å². The van der Waals surface area contributed by atoms with E-state index in [4.69, 9.17) is 5.73 Å². The molecule has 34 heavy (non-hydrogen) atoms. The number of nitrogen functional groups attached to an aromatic ring is 1. The zero-order valence-electron chi connectivity index (χ0n) is 18.5. The number of anilines is 1. The molecule has 0 spiro atoms. The molecule has 0 radical (unpaired) electrons. The molecule has 0 amide bonds. The van der Waals surface area contributed by atoms with Crippen LogP contribution in [0.25, 0.3) is 11.0 Å². The summed E-state index contributed by atoms with van der Waals surface area (Å²) in [6.45, 7) is 2.74. The van der Waals surface area contributed by atoms with Gasteiger partial charge in [0.25, 0.3) is 6.43 Å². The molecule has 1 aliphatic heterocycles. The van der Waals surface area contributed by atoms with E-state index in [-0.39, 0.29) is 5.92 Å². The monoisotopic (exact) mass is 473 g/mol. The van der Waals surface area contributed by atoms with Crippen molar-refractivity contribution in [2.24, 2.45) is 0 Å². The van der Waals surface area contributed by atoms with Crippen molar-refractivity contribution in [2.75, 3.05) is 12.3 Å². The summed E-state index contributed by atoms with van der Waals surface area (Å²) in [4.78, 5) is 8.22. The number of aliphatic hydroxyl groups is 2. The molecule has 0 fully saturated rings. The second kappa shape index (κ2) is 8.68. The zero-order chi connectivity index (χ0) is 24.1. The fourth-order valence-electron chi connectivity index (χ4n) is 5.23. The highest BCUT2D eigenvalue weighted by Crippen LogP contribution is 2.38. The minimum absolute atomic E-state index is 0.222. The molecule has 5 N–H and O–H groups in total. The lowest BCUT2D eigenvalue weighted by molar-refractivity contribution is 0.0317. The van der Waals surface area contributed by atoms with Crippen LogP contribution >= 0.6 is 0 Å². The van der Waals surface area contributed by atoms with Gasteiger partial charge in [-0.15, -0.1) is 0 Å². The van der Waals surface area contributed by atoms with Gasteiger partial charge in [0.2, 0.25) is 0 Å². The van der Waals surface area contributed by atoms with Crippen molar-refractivity contribution >= 4 is 16.9 Å². The van der Waals surface area contributed by atoms with Crippen LogP contribution in [-0.4, -0.2) is 43.5 Å². The second-order valence-electron chi connectivity index (χ2n) is 9.05. The van der Waals surface area contributed by atoms with Crippen LogP contribution in [0.5, 0.6) is 0 Å².